The Labute approximate surface area is 114 Å². The predicted molar refractivity (Wildman–Crippen MR) is 70.1 cm³/mol. The smallest absolute Gasteiger partial charge is 0.256 e. The lowest BCUT2D eigenvalue weighted by Crippen LogP contribution is -2.48. The van der Waals surface area contributed by atoms with E-state index in [9.17, 15) is 4.79 Å². The molecule has 1 aliphatic heterocycles. The normalized spacial score (nSPS) is 19.4. The summed E-state index contributed by atoms with van der Waals surface area (Å²) >= 11 is 3.39. The average Bonchev–Trinajstić information content (AvgIpc) is 2.38. The summed E-state index contributed by atoms with van der Waals surface area (Å²) in [5, 5.41) is 9.04. The highest BCUT2D eigenvalue weighted by Gasteiger charge is 2.28. The molecule has 0 radical (unpaired) electrons. The molecule has 1 aromatic carbocycles. The van der Waals surface area contributed by atoms with Crippen molar-refractivity contribution < 1.29 is 9.53 Å². The molecular weight excluding hydrogens is 296 g/mol. The third-order valence-electron chi connectivity index (χ3n) is 2.89. The lowest BCUT2D eigenvalue weighted by Gasteiger charge is -2.31. The fraction of sp³-hybridized carbons (Fsp3) is 0.385. The number of morpholine rings is 1. The Morgan fingerprint density at radius 1 is 1.61 bits per heavy atom. The summed E-state index contributed by atoms with van der Waals surface area (Å²) < 4.78 is 5.97. The maximum absolute atomic E-state index is 12.4. The van der Waals surface area contributed by atoms with E-state index < -0.39 is 6.04 Å². The van der Waals surface area contributed by atoms with Gasteiger partial charge in [0.2, 0.25) is 0 Å². The van der Waals surface area contributed by atoms with Crippen molar-refractivity contribution in [2.45, 2.75) is 13.0 Å². The number of rotatable bonds is 1. The average molecular weight is 309 g/mol. The molecule has 1 atom stereocenters. The van der Waals surface area contributed by atoms with Crippen LogP contribution in [-0.4, -0.2) is 36.6 Å². The van der Waals surface area contributed by atoms with Crippen molar-refractivity contribution in [2.75, 3.05) is 19.8 Å². The molecule has 1 unspecified atom stereocenters. The molecule has 4 nitrogen and oxygen atoms in total. The molecule has 1 aromatic rings. The van der Waals surface area contributed by atoms with Gasteiger partial charge in [0.25, 0.3) is 5.91 Å². The third-order valence-corrected chi connectivity index (χ3v) is 3.55. The summed E-state index contributed by atoms with van der Waals surface area (Å²) in [6, 6.07) is 7.17. The predicted octanol–water partition coefficient (Wildman–Crippen LogP) is 2.12. The minimum Gasteiger partial charge on any atom is -0.376 e. The van der Waals surface area contributed by atoms with Gasteiger partial charge < -0.3 is 9.64 Å². The number of carbonyl (C=O) groups excluding carboxylic acids is 1. The maximum Gasteiger partial charge on any atom is 0.256 e. The van der Waals surface area contributed by atoms with Crippen molar-refractivity contribution in [3.05, 3.63) is 33.8 Å². The molecule has 0 bridgehead atoms. The van der Waals surface area contributed by atoms with Crippen LogP contribution in [0.3, 0.4) is 0 Å². The highest BCUT2D eigenvalue weighted by molar-refractivity contribution is 9.10. The molecule has 1 aliphatic rings. The quantitative estimate of drug-likeness (QED) is 0.798. The molecule has 1 saturated heterocycles. The Morgan fingerprint density at radius 2 is 2.39 bits per heavy atom. The van der Waals surface area contributed by atoms with Crippen LogP contribution in [0.4, 0.5) is 0 Å². The molecule has 0 saturated carbocycles. The molecule has 18 heavy (non-hydrogen) atoms. The summed E-state index contributed by atoms with van der Waals surface area (Å²) in [6.45, 7) is 3.18. The highest BCUT2D eigenvalue weighted by Crippen LogP contribution is 2.21. The second kappa shape index (κ2) is 5.51. The zero-order chi connectivity index (χ0) is 13.1. The SMILES string of the molecule is Cc1ccc(C(=O)N2CCOCC2C#N)c(Br)c1. The van der Waals surface area contributed by atoms with Gasteiger partial charge in [-0.1, -0.05) is 6.07 Å². The Balaban J connectivity index is 2.27. The number of halogens is 1. The number of hydrogen-bond donors (Lipinski definition) is 0. The fourth-order valence-corrected chi connectivity index (χ4v) is 2.56. The summed E-state index contributed by atoms with van der Waals surface area (Å²) in [4.78, 5) is 14.0. The molecule has 0 aromatic heterocycles. The van der Waals surface area contributed by atoms with E-state index in [1.807, 2.05) is 19.1 Å². The van der Waals surface area contributed by atoms with Crippen LogP contribution in [0, 0.1) is 18.3 Å². The Hall–Kier alpha value is -1.38. The molecule has 1 amide bonds. The number of aryl methyl sites for hydroxylation is 1. The minimum atomic E-state index is -0.501. The molecule has 0 N–H and O–H groups in total. The van der Waals surface area contributed by atoms with Gasteiger partial charge in [-0.3, -0.25) is 4.79 Å². The second-order valence-corrected chi connectivity index (χ2v) is 5.06. The van der Waals surface area contributed by atoms with Crippen LogP contribution in [0.1, 0.15) is 15.9 Å². The first-order valence-corrected chi connectivity index (χ1v) is 6.47. The number of hydrogen-bond acceptors (Lipinski definition) is 3. The lowest BCUT2D eigenvalue weighted by atomic mass is 10.1. The van der Waals surface area contributed by atoms with Crippen LogP contribution in [-0.2, 0) is 4.74 Å². The first-order chi connectivity index (χ1) is 8.63. The van der Waals surface area contributed by atoms with Crippen LogP contribution in [0.2, 0.25) is 0 Å². The van der Waals surface area contributed by atoms with Crippen molar-refractivity contribution in [2.24, 2.45) is 0 Å². The lowest BCUT2D eigenvalue weighted by molar-refractivity contribution is 0.0132. The van der Waals surface area contributed by atoms with E-state index in [1.54, 1.807) is 11.0 Å². The van der Waals surface area contributed by atoms with Gasteiger partial charge in [-0.2, -0.15) is 5.26 Å². The molecule has 94 valence electrons. The zero-order valence-electron chi connectivity index (χ0n) is 10.0. The molecule has 0 aliphatic carbocycles. The molecular formula is C13H13BrN2O2. The van der Waals surface area contributed by atoms with Crippen molar-refractivity contribution in [1.29, 1.82) is 5.26 Å². The number of carbonyl (C=O) groups is 1. The van der Waals surface area contributed by atoms with E-state index in [1.165, 1.54) is 0 Å². The largest absolute Gasteiger partial charge is 0.376 e. The Kier molecular flexibility index (Phi) is 4.00. The molecule has 1 fully saturated rings. The van der Waals surface area contributed by atoms with Gasteiger partial charge >= 0.3 is 0 Å². The number of ether oxygens (including phenoxy) is 1. The summed E-state index contributed by atoms with van der Waals surface area (Å²) in [5.41, 5.74) is 1.67. The minimum absolute atomic E-state index is 0.128. The maximum atomic E-state index is 12.4. The van der Waals surface area contributed by atoms with Crippen LogP contribution in [0.15, 0.2) is 22.7 Å². The topological polar surface area (TPSA) is 53.3 Å². The molecule has 2 rings (SSSR count). The molecule has 0 spiro atoms. The highest BCUT2D eigenvalue weighted by atomic mass is 79.9. The van der Waals surface area contributed by atoms with E-state index >= 15 is 0 Å². The number of benzene rings is 1. The first-order valence-electron chi connectivity index (χ1n) is 5.68. The number of amides is 1. The van der Waals surface area contributed by atoms with Gasteiger partial charge in [-0.05, 0) is 40.5 Å². The van der Waals surface area contributed by atoms with Gasteiger partial charge in [0.15, 0.2) is 0 Å². The van der Waals surface area contributed by atoms with Gasteiger partial charge in [-0.25, -0.2) is 0 Å². The van der Waals surface area contributed by atoms with Gasteiger partial charge in [-0.15, -0.1) is 0 Å². The monoisotopic (exact) mass is 308 g/mol. The summed E-state index contributed by atoms with van der Waals surface area (Å²) in [5.74, 6) is -0.128. The summed E-state index contributed by atoms with van der Waals surface area (Å²) in [6.07, 6.45) is 0. The van der Waals surface area contributed by atoms with Crippen molar-refractivity contribution in [1.82, 2.24) is 4.90 Å². The van der Waals surface area contributed by atoms with Gasteiger partial charge in [0.1, 0.15) is 6.04 Å². The van der Waals surface area contributed by atoms with E-state index in [2.05, 4.69) is 22.0 Å². The van der Waals surface area contributed by atoms with Crippen LogP contribution >= 0.6 is 15.9 Å². The van der Waals surface area contributed by atoms with Crippen LogP contribution in [0.25, 0.3) is 0 Å². The van der Waals surface area contributed by atoms with Crippen molar-refractivity contribution in [3.63, 3.8) is 0 Å². The molecule has 1 heterocycles. The van der Waals surface area contributed by atoms with Gasteiger partial charge in [0, 0.05) is 11.0 Å². The Morgan fingerprint density at radius 3 is 3.06 bits per heavy atom. The van der Waals surface area contributed by atoms with Gasteiger partial charge in [0.05, 0.1) is 24.8 Å². The van der Waals surface area contributed by atoms with Crippen LogP contribution in [0.5, 0.6) is 0 Å². The van der Waals surface area contributed by atoms with Crippen molar-refractivity contribution in [3.8, 4) is 6.07 Å². The second-order valence-electron chi connectivity index (χ2n) is 4.20. The van der Waals surface area contributed by atoms with E-state index in [0.717, 1.165) is 10.0 Å². The first kappa shape index (κ1) is 13.1. The van der Waals surface area contributed by atoms with Crippen molar-refractivity contribution >= 4 is 21.8 Å². The number of nitriles is 1. The Bertz CT molecular complexity index is 510. The standard InChI is InChI=1S/C13H13BrN2O2/c1-9-2-3-11(12(14)6-9)13(17)16-4-5-18-8-10(16)7-15/h2-3,6,10H,4-5,8H2,1H3. The fourth-order valence-electron chi connectivity index (χ4n) is 1.90. The van der Waals surface area contributed by atoms with E-state index in [4.69, 9.17) is 10.00 Å². The molecule has 5 heteroatoms. The number of nitrogens with zero attached hydrogens (tertiary/aromatic N) is 2. The zero-order valence-corrected chi connectivity index (χ0v) is 11.6. The van der Waals surface area contributed by atoms with E-state index in [0.29, 0.717) is 18.7 Å². The summed E-state index contributed by atoms with van der Waals surface area (Å²) in [7, 11) is 0. The van der Waals surface area contributed by atoms with E-state index in [-0.39, 0.29) is 12.5 Å². The third kappa shape index (κ3) is 2.55. The van der Waals surface area contributed by atoms with Crippen LogP contribution < -0.4 is 0 Å².